The highest BCUT2D eigenvalue weighted by atomic mass is 35.5. The van der Waals surface area contributed by atoms with Crippen molar-refractivity contribution in [2.45, 2.75) is 19.4 Å². The van der Waals surface area contributed by atoms with Gasteiger partial charge in [0, 0.05) is 29.8 Å². The quantitative estimate of drug-likeness (QED) is 0.878. The zero-order chi connectivity index (χ0) is 11.4. The Labute approximate surface area is 99.6 Å². The van der Waals surface area contributed by atoms with E-state index in [9.17, 15) is 0 Å². The standard InChI is InChI=1S/C12H13ClN2O/c13-10-3-5-11(6-4-10)16-12-9(8-14)2-1-7-15-12/h1-3,5,7H,4,6,8,14H2. The van der Waals surface area contributed by atoms with Crippen molar-refractivity contribution >= 4 is 11.6 Å². The molecule has 1 aromatic rings. The lowest BCUT2D eigenvalue weighted by Gasteiger charge is -2.13. The molecule has 4 heteroatoms. The van der Waals surface area contributed by atoms with Gasteiger partial charge in [-0.25, -0.2) is 4.98 Å². The predicted molar refractivity (Wildman–Crippen MR) is 64.0 cm³/mol. The summed E-state index contributed by atoms with van der Waals surface area (Å²) in [6, 6.07) is 3.76. The Hall–Kier alpha value is -1.32. The maximum atomic E-state index is 5.87. The Morgan fingerprint density at radius 1 is 1.38 bits per heavy atom. The number of allylic oxidation sites excluding steroid dienone is 4. The van der Waals surface area contributed by atoms with Crippen molar-refractivity contribution < 1.29 is 4.74 Å². The molecule has 2 N–H and O–H groups in total. The monoisotopic (exact) mass is 236 g/mol. The van der Waals surface area contributed by atoms with Gasteiger partial charge in [0.15, 0.2) is 0 Å². The second-order valence-corrected chi connectivity index (χ2v) is 4.01. The third kappa shape index (κ3) is 2.62. The van der Waals surface area contributed by atoms with E-state index in [4.69, 9.17) is 22.1 Å². The summed E-state index contributed by atoms with van der Waals surface area (Å²) in [6.07, 6.45) is 7.04. The van der Waals surface area contributed by atoms with Gasteiger partial charge < -0.3 is 10.5 Å². The summed E-state index contributed by atoms with van der Waals surface area (Å²) >= 11 is 5.87. The van der Waals surface area contributed by atoms with Crippen LogP contribution in [-0.4, -0.2) is 4.98 Å². The van der Waals surface area contributed by atoms with Gasteiger partial charge in [-0.1, -0.05) is 17.7 Å². The lowest BCUT2D eigenvalue weighted by atomic mass is 10.1. The predicted octanol–water partition coefficient (Wildman–Crippen LogP) is 2.72. The van der Waals surface area contributed by atoms with Crippen LogP contribution in [0.1, 0.15) is 18.4 Å². The molecule has 84 valence electrons. The maximum absolute atomic E-state index is 5.87. The first-order valence-electron chi connectivity index (χ1n) is 5.16. The molecule has 0 spiro atoms. The summed E-state index contributed by atoms with van der Waals surface area (Å²) in [5, 5.41) is 0.854. The molecule has 0 atom stereocenters. The lowest BCUT2D eigenvalue weighted by molar-refractivity contribution is 0.382. The highest BCUT2D eigenvalue weighted by molar-refractivity contribution is 6.29. The van der Waals surface area contributed by atoms with E-state index in [0.717, 1.165) is 29.2 Å². The summed E-state index contributed by atoms with van der Waals surface area (Å²) in [6.45, 7) is 0.424. The number of nitrogens with zero attached hydrogens (tertiary/aromatic N) is 1. The molecule has 1 heterocycles. The van der Waals surface area contributed by atoms with Crippen molar-refractivity contribution in [3.63, 3.8) is 0 Å². The zero-order valence-electron chi connectivity index (χ0n) is 8.82. The third-order valence-corrected chi connectivity index (χ3v) is 2.67. The molecule has 1 aliphatic rings. The largest absolute Gasteiger partial charge is 0.443 e. The minimum Gasteiger partial charge on any atom is -0.443 e. The van der Waals surface area contributed by atoms with Crippen LogP contribution in [0.3, 0.4) is 0 Å². The summed E-state index contributed by atoms with van der Waals surface area (Å²) in [7, 11) is 0. The van der Waals surface area contributed by atoms with Crippen LogP contribution in [-0.2, 0) is 6.54 Å². The molecular formula is C12H13ClN2O. The normalized spacial score (nSPS) is 15.4. The van der Waals surface area contributed by atoms with Crippen molar-refractivity contribution in [3.8, 4) is 5.88 Å². The van der Waals surface area contributed by atoms with E-state index >= 15 is 0 Å². The van der Waals surface area contributed by atoms with Crippen molar-refractivity contribution in [3.05, 3.63) is 46.8 Å². The van der Waals surface area contributed by atoms with Crippen LogP contribution in [0, 0.1) is 0 Å². The molecule has 16 heavy (non-hydrogen) atoms. The van der Waals surface area contributed by atoms with E-state index in [-0.39, 0.29) is 0 Å². The smallest absolute Gasteiger partial charge is 0.223 e. The molecule has 0 aliphatic heterocycles. The molecule has 0 radical (unpaired) electrons. The summed E-state index contributed by atoms with van der Waals surface area (Å²) in [5.74, 6) is 1.46. The highest BCUT2D eigenvalue weighted by Gasteiger charge is 2.09. The number of halogens is 1. The second kappa shape index (κ2) is 5.14. The van der Waals surface area contributed by atoms with E-state index in [1.165, 1.54) is 0 Å². The van der Waals surface area contributed by atoms with Crippen LogP contribution < -0.4 is 10.5 Å². The molecule has 1 aromatic heterocycles. The molecule has 0 bridgehead atoms. The number of ether oxygens (including phenoxy) is 1. The van der Waals surface area contributed by atoms with Gasteiger partial charge in [-0.15, -0.1) is 0 Å². The van der Waals surface area contributed by atoms with Crippen LogP contribution in [0.25, 0.3) is 0 Å². The van der Waals surface area contributed by atoms with Gasteiger partial charge in [-0.3, -0.25) is 0 Å². The number of pyridine rings is 1. The number of rotatable bonds is 3. The number of nitrogens with two attached hydrogens (primary N) is 1. The van der Waals surface area contributed by atoms with Crippen LogP contribution in [0.15, 0.2) is 41.3 Å². The molecule has 0 unspecified atom stereocenters. The van der Waals surface area contributed by atoms with E-state index in [1.54, 1.807) is 6.20 Å². The Kier molecular flexibility index (Phi) is 3.59. The second-order valence-electron chi connectivity index (χ2n) is 3.52. The number of aromatic nitrogens is 1. The minimum absolute atomic E-state index is 0.424. The first-order chi connectivity index (χ1) is 7.79. The summed E-state index contributed by atoms with van der Waals surface area (Å²) in [4.78, 5) is 4.17. The topological polar surface area (TPSA) is 48.1 Å². The average Bonchev–Trinajstić information content (AvgIpc) is 2.33. The van der Waals surface area contributed by atoms with Crippen molar-refractivity contribution in [1.82, 2.24) is 4.98 Å². The molecule has 0 saturated heterocycles. The molecule has 0 fully saturated rings. The first-order valence-corrected chi connectivity index (χ1v) is 5.54. The number of hydrogen-bond donors (Lipinski definition) is 1. The van der Waals surface area contributed by atoms with Gasteiger partial charge in [0.2, 0.25) is 5.88 Å². The fourth-order valence-electron chi connectivity index (χ4n) is 1.47. The van der Waals surface area contributed by atoms with E-state index in [2.05, 4.69) is 4.98 Å². The Bertz CT molecular complexity index is 440. The minimum atomic E-state index is 0.424. The van der Waals surface area contributed by atoms with E-state index in [1.807, 2.05) is 24.3 Å². The first kappa shape index (κ1) is 11.2. The zero-order valence-corrected chi connectivity index (χ0v) is 9.57. The average molecular weight is 237 g/mol. The van der Waals surface area contributed by atoms with Crippen LogP contribution in [0.4, 0.5) is 0 Å². The molecule has 0 amide bonds. The van der Waals surface area contributed by atoms with Gasteiger partial charge in [0.1, 0.15) is 5.76 Å². The van der Waals surface area contributed by atoms with Gasteiger partial charge in [0.05, 0.1) is 0 Å². The SMILES string of the molecule is NCc1cccnc1OC1=CC=C(Cl)CC1. The van der Waals surface area contributed by atoms with Crippen molar-refractivity contribution in [2.75, 3.05) is 0 Å². The van der Waals surface area contributed by atoms with Crippen molar-refractivity contribution in [2.24, 2.45) is 5.73 Å². The molecular weight excluding hydrogens is 224 g/mol. The van der Waals surface area contributed by atoms with Gasteiger partial charge in [-0.05, 0) is 24.6 Å². The molecule has 2 rings (SSSR count). The fourth-order valence-corrected chi connectivity index (χ4v) is 1.63. The Morgan fingerprint density at radius 3 is 2.94 bits per heavy atom. The van der Waals surface area contributed by atoms with E-state index in [0.29, 0.717) is 12.4 Å². The van der Waals surface area contributed by atoms with Gasteiger partial charge in [-0.2, -0.15) is 0 Å². The Balaban J connectivity index is 2.15. The summed E-state index contributed by atoms with van der Waals surface area (Å²) < 4.78 is 5.69. The highest BCUT2D eigenvalue weighted by Crippen LogP contribution is 2.24. The maximum Gasteiger partial charge on any atom is 0.223 e. The van der Waals surface area contributed by atoms with Crippen LogP contribution in [0.2, 0.25) is 0 Å². The molecule has 0 saturated carbocycles. The van der Waals surface area contributed by atoms with E-state index < -0.39 is 0 Å². The van der Waals surface area contributed by atoms with Crippen molar-refractivity contribution in [1.29, 1.82) is 0 Å². The van der Waals surface area contributed by atoms with Crippen LogP contribution in [0.5, 0.6) is 5.88 Å². The summed E-state index contributed by atoms with van der Waals surface area (Å²) in [5.41, 5.74) is 6.51. The van der Waals surface area contributed by atoms with Gasteiger partial charge >= 0.3 is 0 Å². The molecule has 3 nitrogen and oxygen atoms in total. The molecule has 1 aliphatic carbocycles. The lowest BCUT2D eigenvalue weighted by Crippen LogP contribution is -2.05. The fraction of sp³-hybridized carbons (Fsp3) is 0.250. The third-order valence-electron chi connectivity index (χ3n) is 2.36. The Morgan fingerprint density at radius 2 is 2.25 bits per heavy atom. The van der Waals surface area contributed by atoms with Gasteiger partial charge in [0.25, 0.3) is 0 Å². The van der Waals surface area contributed by atoms with Crippen LogP contribution >= 0.6 is 11.6 Å². The molecule has 0 aromatic carbocycles. The number of hydrogen-bond acceptors (Lipinski definition) is 3.